The molecule has 0 saturated carbocycles. The normalized spacial score (nSPS) is 10.9. The van der Waals surface area contributed by atoms with E-state index in [-0.39, 0.29) is 17.0 Å². The number of nitriles is 1. The minimum atomic E-state index is -0.557. The average molecular weight is 566 g/mol. The number of aryl methyl sites for hydroxylation is 1. The highest BCUT2D eigenvalue weighted by Crippen LogP contribution is 2.37. The van der Waals surface area contributed by atoms with Crippen molar-refractivity contribution in [2.45, 2.75) is 20.8 Å². The Balaban J connectivity index is 1.80. The summed E-state index contributed by atoms with van der Waals surface area (Å²) in [5, 5.41) is 14.9. The Morgan fingerprint density at radius 1 is 1.05 bits per heavy atom. The van der Waals surface area contributed by atoms with E-state index in [4.69, 9.17) is 9.47 Å². The highest BCUT2D eigenvalue weighted by atomic mass is 79.9. The number of carbonyl (C=O) groups excluding carboxylic acids is 2. The van der Waals surface area contributed by atoms with E-state index in [0.29, 0.717) is 28.1 Å². The topological polar surface area (TPSA) is 100 Å². The Morgan fingerprint density at radius 3 is 2.49 bits per heavy atom. The average Bonchev–Trinajstić information content (AvgIpc) is 2.86. The van der Waals surface area contributed by atoms with E-state index in [2.05, 4.69) is 26.6 Å². The lowest BCUT2D eigenvalue weighted by molar-refractivity contribution is -0.118. The Morgan fingerprint density at radius 2 is 1.78 bits per heavy atom. The molecule has 0 bridgehead atoms. The van der Waals surface area contributed by atoms with E-state index in [1.54, 1.807) is 31.2 Å². The van der Waals surface area contributed by atoms with Crippen molar-refractivity contribution >= 4 is 45.2 Å². The van der Waals surface area contributed by atoms with Gasteiger partial charge in [0.05, 0.1) is 16.8 Å². The quantitative estimate of drug-likeness (QED) is 0.239. The van der Waals surface area contributed by atoms with Gasteiger partial charge in [-0.15, -0.1) is 0 Å². The van der Waals surface area contributed by atoms with Gasteiger partial charge in [-0.2, -0.15) is 5.26 Å². The van der Waals surface area contributed by atoms with Gasteiger partial charge in [0, 0.05) is 5.69 Å². The van der Waals surface area contributed by atoms with Crippen LogP contribution in [-0.4, -0.2) is 25.0 Å². The molecular weight excluding hydrogens is 541 g/mol. The van der Waals surface area contributed by atoms with Crippen molar-refractivity contribution in [1.82, 2.24) is 0 Å². The fraction of sp³-hybridized carbons (Fsp3) is 0.179. The number of hydrogen-bond acceptors (Lipinski definition) is 5. The highest BCUT2D eigenvalue weighted by Gasteiger charge is 2.17. The van der Waals surface area contributed by atoms with Gasteiger partial charge in [0.2, 0.25) is 0 Å². The molecular formula is C28H25BrFN3O4. The molecule has 0 spiro atoms. The van der Waals surface area contributed by atoms with Crippen LogP contribution in [0.1, 0.15) is 23.6 Å². The van der Waals surface area contributed by atoms with Crippen LogP contribution in [0, 0.1) is 31.0 Å². The summed E-state index contributed by atoms with van der Waals surface area (Å²) in [6.07, 6.45) is 1.43. The van der Waals surface area contributed by atoms with Crippen LogP contribution in [0.2, 0.25) is 0 Å². The van der Waals surface area contributed by atoms with Crippen LogP contribution in [0.3, 0.4) is 0 Å². The van der Waals surface area contributed by atoms with Gasteiger partial charge in [0.15, 0.2) is 18.1 Å². The number of rotatable bonds is 9. The first-order chi connectivity index (χ1) is 17.7. The third-order valence-corrected chi connectivity index (χ3v) is 5.95. The van der Waals surface area contributed by atoms with Crippen molar-refractivity contribution in [3.05, 3.63) is 87.2 Å². The maximum absolute atomic E-state index is 13.8. The van der Waals surface area contributed by atoms with Gasteiger partial charge in [0.1, 0.15) is 17.5 Å². The summed E-state index contributed by atoms with van der Waals surface area (Å²) in [6.45, 7) is 5.51. The van der Waals surface area contributed by atoms with E-state index < -0.39 is 24.2 Å². The van der Waals surface area contributed by atoms with Crippen molar-refractivity contribution in [3.8, 4) is 17.6 Å². The van der Waals surface area contributed by atoms with Gasteiger partial charge < -0.3 is 20.1 Å². The standard InChI is InChI=1S/C28H25BrFN3O4/c1-4-36-25-14-19(12-20(15-31)28(35)33-23-11-7-8-17(2)18(23)3)13-21(29)27(25)37-16-26(34)32-24-10-6-5-9-22(24)30/h5-14H,4,16H2,1-3H3,(H,32,34)(H,33,35)/b20-12-. The molecule has 0 saturated heterocycles. The predicted octanol–water partition coefficient (Wildman–Crippen LogP) is 6.17. The maximum Gasteiger partial charge on any atom is 0.266 e. The predicted molar refractivity (Wildman–Crippen MR) is 144 cm³/mol. The number of hydrogen-bond donors (Lipinski definition) is 2. The second-order valence-corrected chi connectivity index (χ2v) is 8.81. The molecule has 9 heteroatoms. The van der Waals surface area contributed by atoms with E-state index >= 15 is 0 Å². The third kappa shape index (κ3) is 7.18. The molecule has 0 radical (unpaired) electrons. The van der Waals surface area contributed by atoms with Gasteiger partial charge in [-0.05, 0) is 89.8 Å². The lowest BCUT2D eigenvalue weighted by atomic mass is 10.1. The van der Waals surface area contributed by atoms with Crippen molar-refractivity contribution < 1.29 is 23.5 Å². The monoisotopic (exact) mass is 565 g/mol. The molecule has 0 aliphatic heterocycles. The molecule has 0 aliphatic rings. The van der Waals surface area contributed by atoms with E-state index in [1.165, 1.54) is 24.3 Å². The Kier molecular flexibility index (Phi) is 9.41. The molecule has 0 atom stereocenters. The number of ether oxygens (including phenoxy) is 2. The van der Waals surface area contributed by atoms with Crippen LogP contribution in [0.15, 0.2) is 64.6 Å². The summed E-state index contributed by atoms with van der Waals surface area (Å²) in [5.74, 6) is -1.11. The molecule has 190 valence electrons. The summed E-state index contributed by atoms with van der Waals surface area (Å²) in [6, 6.07) is 16.5. The fourth-order valence-corrected chi connectivity index (χ4v) is 3.93. The number of carbonyl (C=O) groups is 2. The van der Waals surface area contributed by atoms with Crippen molar-refractivity contribution in [2.24, 2.45) is 0 Å². The van der Waals surface area contributed by atoms with Crippen molar-refractivity contribution in [1.29, 1.82) is 5.26 Å². The molecule has 3 aromatic rings. The Labute approximate surface area is 223 Å². The zero-order valence-electron chi connectivity index (χ0n) is 20.5. The number of anilines is 2. The molecule has 2 amide bonds. The molecule has 0 fully saturated rings. The third-order valence-electron chi connectivity index (χ3n) is 5.36. The van der Waals surface area contributed by atoms with E-state index in [0.717, 1.165) is 11.1 Å². The molecule has 3 aromatic carbocycles. The second-order valence-electron chi connectivity index (χ2n) is 7.95. The number of para-hydroxylation sites is 1. The summed E-state index contributed by atoms with van der Waals surface area (Å²) in [7, 11) is 0. The zero-order valence-corrected chi connectivity index (χ0v) is 22.1. The molecule has 0 heterocycles. The molecule has 0 unspecified atom stereocenters. The molecule has 3 rings (SSSR count). The van der Waals surface area contributed by atoms with E-state index in [9.17, 15) is 19.2 Å². The summed E-state index contributed by atoms with van der Waals surface area (Å²) >= 11 is 3.41. The van der Waals surface area contributed by atoms with Crippen LogP contribution in [0.4, 0.5) is 15.8 Å². The van der Waals surface area contributed by atoms with Crippen molar-refractivity contribution in [3.63, 3.8) is 0 Å². The SMILES string of the molecule is CCOc1cc(/C=C(/C#N)C(=O)Nc2cccc(C)c2C)cc(Br)c1OCC(=O)Nc1ccccc1F. The molecule has 0 aliphatic carbocycles. The van der Waals surface area contributed by atoms with E-state index in [1.807, 2.05) is 32.0 Å². The van der Waals surface area contributed by atoms with Crippen molar-refractivity contribution in [2.75, 3.05) is 23.8 Å². The zero-order chi connectivity index (χ0) is 26.9. The summed E-state index contributed by atoms with van der Waals surface area (Å²) in [4.78, 5) is 25.1. The summed E-state index contributed by atoms with van der Waals surface area (Å²) in [5.41, 5.74) is 3.00. The number of nitrogens with zero attached hydrogens (tertiary/aromatic N) is 1. The largest absolute Gasteiger partial charge is 0.490 e. The smallest absolute Gasteiger partial charge is 0.266 e. The van der Waals surface area contributed by atoms with Gasteiger partial charge in [-0.3, -0.25) is 9.59 Å². The molecule has 0 aromatic heterocycles. The first-order valence-corrected chi connectivity index (χ1v) is 12.2. The Hall–Kier alpha value is -4.16. The first kappa shape index (κ1) is 27.4. The number of amides is 2. The molecule has 7 nitrogen and oxygen atoms in total. The minimum Gasteiger partial charge on any atom is -0.490 e. The Bertz CT molecular complexity index is 1400. The minimum absolute atomic E-state index is 0.0452. The lowest BCUT2D eigenvalue weighted by Gasteiger charge is -2.15. The van der Waals surface area contributed by atoms with Gasteiger partial charge in [-0.25, -0.2) is 4.39 Å². The second kappa shape index (κ2) is 12.7. The summed E-state index contributed by atoms with van der Waals surface area (Å²) < 4.78 is 25.6. The van der Waals surface area contributed by atoms with Crippen LogP contribution in [0.25, 0.3) is 6.08 Å². The number of halogens is 2. The van der Waals surface area contributed by atoms with Crippen LogP contribution in [-0.2, 0) is 9.59 Å². The molecule has 37 heavy (non-hydrogen) atoms. The van der Waals surface area contributed by atoms with Crippen LogP contribution >= 0.6 is 15.9 Å². The van der Waals surface area contributed by atoms with Gasteiger partial charge in [0.25, 0.3) is 11.8 Å². The van der Waals surface area contributed by atoms with Crippen LogP contribution < -0.4 is 20.1 Å². The number of benzene rings is 3. The van der Waals surface area contributed by atoms with Crippen LogP contribution in [0.5, 0.6) is 11.5 Å². The number of nitrogens with one attached hydrogen (secondary N) is 2. The molecule has 2 N–H and O–H groups in total. The first-order valence-electron chi connectivity index (χ1n) is 11.4. The maximum atomic E-state index is 13.8. The van der Waals surface area contributed by atoms with Gasteiger partial charge >= 0.3 is 0 Å². The van der Waals surface area contributed by atoms with Gasteiger partial charge in [-0.1, -0.05) is 24.3 Å². The fourth-order valence-electron chi connectivity index (χ4n) is 3.35. The lowest BCUT2D eigenvalue weighted by Crippen LogP contribution is -2.21. The highest BCUT2D eigenvalue weighted by molar-refractivity contribution is 9.10.